The van der Waals surface area contributed by atoms with Crippen LogP contribution in [-0.4, -0.2) is 28.5 Å². The van der Waals surface area contributed by atoms with Crippen LogP contribution in [0.4, 0.5) is 14.5 Å². The first-order valence-electron chi connectivity index (χ1n) is 10.3. The van der Waals surface area contributed by atoms with E-state index in [1.807, 2.05) is 0 Å². The first-order chi connectivity index (χ1) is 16.3. The second kappa shape index (κ2) is 8.14. The lowest BCUT2D eigenvalue weighted by molar-refractivity contribution is -0.132. The zero-order chi connectivity index (χ0) is 24.1. The fraction of sp³-hybridized carbons (Fsp3) is 0.120. The number of anilines is 1. The standard InChI is InChI=1S/C25H16ClF2NO5/c26-16-10-13(1-5-19(16)30)22-21(23(31)14-2-6-20-12(9-14)7-8-34-20)24(32)25(33)29(22)15-3-4-17(27)18(28)11-15/h1-6,9-11,22,30-31H,7-8H2/b23-21-. The van der Waals surface area contributed by atoms with Gasteiger partial charge in [-0.1, -0.05) is 17.7 Å². The first kappa shape index (κ1) is 21.9. The summed E-state index contributed by atoms with van der Waals surface area (Å²) in [6.45, 7) is 0.492. The number of phenols is 1. The number of hydrogen-bond acceptors (Lipinski definition) is 5. The van der Waals surface area contributed by atoms with E-state index in [0.29, 0.717) is 24.3 Å². The molecule has 2 aliphatic heterocycles. The number of hydrogen-bond donors (Lipinski definition) is 2. The molecule has 0 spiro atoms. The number of aromatic hydroxyl groups is 1. The number of aliphatic hydroxyl groups is 1. The van der Waals surface area contributed by atoms with E-state index in [0.717, 1.165) is 28.7 Å². The van der Waals surface area contributed by atoms with Gasteiger partial charge in [0.1, 0.15) is 17.3 Å². The van der Waals surface area contributed by atoms with Gasteiger partial charge in [-0.3, -0.25) is 14.5 Å². The van der Waals surface area contributed by atoms with Gasteiger partial charge in [-0.25, -0.2) is 8.78 Å². The molecule has 2 aliphatic rings. The summed E-state index contributed by atoms with van der Waals surface area (Å²) in [5, 5.41) is 21.0. The van der Waals surface area contributed by atoms with Gasteiger partial charge in [-0.2, -0.15) is 0 Å². The van der Waals surface area contributed by atoms with Crippen molar-refractivity contribution in [3.63, 3.8) is 0 Å². The van der Waals surface area contributed by atoms with Gasteiger partial charge in [0.15, 0.2) is 11.6 Å². The SMILES string of the molecule is O=C1C(=O)N(c2ccc(F)c(F)c2)C(c2ccc(O)c(Cl)c2)/C1=C(/O)c1ccc2c(c1)CCO2. The number of Topliss-reactive ketones (excluding diaryl/α,β-unsaturated/α-hetero) is 1. The Kier molecular flexibility index (Phi) is 5.25. The number of ketones is 1. The smallest absolute Gasteiger partial charge is 0.300 e. The van der Waals surface area contributed by atoms with Gasteiger partial charge in [-0.05, 0) is 53.6 Å². The Morgan fingerprint density at radius 3 is 2.56 bits per heavy atom. The zero-order valence-corrected chi connectivity index (χ0v) is 18.1. The molecule has 9 heteroatoms. The number of carbonyl (C=O) groups is 2. The molecule has 172 valence electrons. The van der Waals surface area contributed by atoms with Crippen LogP contribution >= 0.6 is 11.6 Å². The fourth-order valence-electron chi connectivity index (χ4n) is 4.23. The Hall–Kier alpha value is -3.91. The Morgan fingerprint density at radius 1 is 1.03 bits per heavy atom. The lowest BCUT2D eigenvalue weighted by Gasteiger charge is -2.25. The molecule has 1 saturated heterocycles. The van der Waals surface area contributed by atoms with Crippen molar-refractivity contribution in [2.45, 2.75) is 12.5 Å². The van der Waals surface area contributed by atoms with Crippen LogP contribution in [0.5, 0.6) is 11.5 Å². The number of halogens is 3. The van der Waals surface area contributed by atoms with Gasteiger partial charge < -0.3 is 14.9 Å². The molecule has 0 aliphatic carbocycles. The van der Waals surface area contributed by atoms with Crippen molar-refractivity contribution in [1.82, 2.24) is 0 Å². The third-order valence-corrected chi connectivity index (χ3v) is 6.18. The predicted molar refractivity (Wildman–Crippen MR) is 120 cm³/mol. The molecular formula is C25H16ClF2NO5. The number of phenolic OH excluding ortho intramolecular Hbond substituents is 1. The van der Waals surface area contributed by atoms with Gasteiger partial charge in [0.2, 0.25) is 0 Å². The summed E-state index contributed by atoms with van der Waals surface area (Å²) in [6.07, 6.45) is 0.622. The van der Waals surface area contributed by atoms with Gasteiger partial charge in [0.25, 0.3) is 11.7 Å². The van der Waals surface area contributed by atoms with Gasteiger partial charge in [-0.15, -0.1) is 0 Å². The van der Waals surface area contributed by atoms with Gasteiger partial charge in [0.05, 0.1) is 23.2 Å². The molecule has 2 N–H and O–H groups in total. The molecule has 34 heavy (non-hydrogen) atoms. The molecular weight excluding hydrogens is 468 g/mol. The first-order valence-corrected chi connectivity index (χ1v) is 10.6. The Labute approximate surface area is 197 Å². The van der Waals surface area contributed by atoms with E-state index in [1.165, 1.54) is 18.2 Å². The second-order valence-corrected chi connectivity index (χ2v) is 8.31. The molecule has 0 radical (unpaired) electrons. The number of amides is 1. The van der Waals surface area contributed by atoms with Crippen LogP contribution in [0.2, 0.25) is 5.02 Å². The van der Waals surface area contributed by atoms with Crippen molar-refractivity contribution >= 4 is 34.7 Å². The minimum absolute atomic E-state index is 0.0527. The van der Waals surface area contributed by atoms with Gasteiger partial charge in [0, 0.05) is 23.7 Å². The van der Waals surface area contributed by atoms with E-state index in [4.69, 9.17) is 16.3 Å². The average molecular weight is 484 g/mol. The van der Waals surface area contributed by atoms with Crippen LogP contribution in [-0.2, 0) is 16.0 Å². The van der Waals surface area contributed by atoms with E-state index in [2.05, 4.69) is 0 Å². The highest BCUT2D eigenvalue weighted by Gasteiger charge is 2.47. The van der Waals surface area contributed by atoms with Crippen LogP contribution in [0.3, 0.4) is 0 Å². The molecule has 6 nitrogen and oxygen atoms in total. The van der Waals surface area contributed by atoms with Crippen molar-refractivity contribution in [3.05, 3.63) is 93.5 Å². The van der Waals surface area contributed by atoms with Crippen LogP contribution in [0, 0.1) is 11.6 Å². The molecule has 1 unspecified atom stereocenters. The van der Waals surface area contributed by atoms with Crippen molar-refractivity contribution in [3.8, 4) is 11.5 Å². The minimum Gasteiger partial charge on any atom is -0.507 e. The molecule has 0 saturated carbocycles. The molecule has 0 bridgehead atoms. The normalized spacial score (nSPS) is 18.8. The van der Waals surface area contributed by atoms with Crippen LogP contribution < -0.4 is 9.64 Å². The van der Waals surface area contributed by atoms with E-state index in [-0.39, 0.29) is 27.6 Å². The lowest BCUT2D eigenvalue weighted by atomic mass is 9.94. The summed E-state index contributed by atoms with van der Waals surface area (Å²) in [7, 11) is 0. The molecule has 1 amide bonds. The number of rotatable bonds is 3. The Balaban J connectivity index is 1.73. The van der Waals surface area contributed by atoms with E-state index in [1.54, 1.807) is 18.2 Å². The van der Waals surface area contributed by atoms with E-state index in [9.17, 15) is 28.6 Å². The topological polar surface area (TPSA) is 87.1 Å². The zero-order valence-electron chi connectivity index (χ0n) is 17.4. The summed E-state index contributed by atoms with van der Waals surface area (Å²) in [4.78, 5) is 27.2. The number of nitrogens with zero attached hydrogens (tertiary/aromatic N) is 1. The average Bonchev–Trinajstić information content (AvgIpc) is 3.39. The number of fused-ring (bicyclic) bond motifs is 1. The van der Waals surface area contributed by atoms with Crippen LogP contribution in [0.15, 0.2) is 60.2 Å². The monoisotopic (exact) mass is 483 g/mol. The summed E-state index contributed by atoms with van der Waals surface area (Å²) < 4.78 is 33.1. The maximum Gasteiger partial charge on any atom is 0.300 e. The molecule has 0 aromatic heterocycles. The number of aliphatic hydroxyl groups excluding tert-OH is 1. The largest absolute Gasteiger partial charge is 0.507 e. The van der Waals surface area contributed by atoms with Gasteiger partial charge >= 0.3 is 0 Å². The highest BCUT2D eigenvalue weighted by atomic mass is 35.5. The number of ether oxygens (including phenoxy) is 1. The third-order valence-electron chi connectivity index (χ3n) is 5.88. The highest BCUT2D eigenvalue weighted by molar-refractivity contribution is 6.51. The van der Waals surface area contributed by atoms with Crippen LogP contribution in [0.25, 0.3) is 5.76 Å². The lowest BCUT2D eigenvalue weighted by Crippen LogP contribution is -2.29. The van der Waals surface area contributed by atoms with Crippen molar-refractivity contribution in [1.29, 1.82) is 0 Å². The van der Waals surface area contributed by atoms with Crippen molar-refractivity contribution in [2.24, 2.45) is 0 Å². The molecule has 3 aromatic carbocycles. The maximum atomic E-state index is 14.0. The predicted octanol–water partition coefficient (Wildman–Crippen LogP) is 4.89. The number of carbonyl (C=O) groups excluding carboxylic acids is 2. The quantitative estimate of drug-likeness (QED) is 0.315. The third kappa shape index (κ3) is 3.47. The maximum absolute atomic E-state index is 14.0. The second-order valence-electron chi connectivity index (χ2n) is 7.90. The molecule has 3 aromatic rings. The van der Waals surface area contributed by atoms with Crippen LogP contribution in [0.1, 0.15) is 22.7 Å². The summed E-state index contributed by atoms with van der Waals surface area (Å²) >= 11 is 6.07. The Bertz CT molecular complexity index is 1400. The molecule has 1 atom stereocenters. The fourth-order valence-corrected chi connectivity index (χ4v) is 4.42. The Morgan fingerprint density at radius 2 is 1.82 bits per heavy atom. The molecule has 2 heterocycles. The van der Waals surface area contributed by atoms with E-state index < -0.39 is 35.1 Å². The summed E-state index contributed by atoms with van der Waals surface area (Å²) in [6, 6.07) is 10.5. The summed E-state index contributed by atoms with van der Waals surface area (Å²) in [5.41, 5.74) is 1.07. The summed E-state index contributed by atoms with van der Waals surface area (Å²) in [5.74, 6) is -4.37. The van der Waals surface area contributed by atoms with Crippen molar-refractivity contribution < 1.29 is 33.3 Å². The minimum atomic E-state index is -1.22. The van der Waals surface area contributed by atoms with Crippen molar-refractivity contribution in [2.75, 3.05) is 11.5 Å². The number of benzene rings is 3. The van der Waals surface area contributed by atoms with E-state index >= 15 is 0 Å². The molecule has 1 fully saturated rings. The molecule has 5 rings (SSSR count). The highest BCUT2D eigenvalue weighted by Crippen LogP contribution is 2.44.